The van der Waals surface area contributed by atoms with Gasteiger partial charge in [0.15, 0.2) is 0 Å². The molecule has 0 aliphatic carbocycles. The van der Waals surface area contributed by atoms with Crippen LogP contribution in [0, 0.1) is 6.92 Å². The smallest absolute Gasteiger partial charge is 0.508 e. The number of amides is 1. The number of methoxy groups -OCH3 is 2. The predicted octanol–water partition coefficient (Wildman–Crippen LogP) is 4.77. The summed E-state index contributed by atoms with van der Waals surface area (Å²) in [5.74, 6) is -0.292. The predicted molar refractivity (Wildman–Crippen MR) is 157 cm³/mol. The molecule has 0 fully saturated rings. The minimum Gasteiger partial charge on any atom is -0.543 e. The fourth-order valence-corrected chi connectivity index (χ4v) is 5.89. The highest BCUT2D eigenvalue weighted by atomic mass is 32.2. The van der Waals surface area contributed by atoms with Crippen molar-refractivity contribution in [2.24, 2.45) is 0 Å². The number of esters is 2. The molecule has 2 atom stereocenters. The number of fused-ring (bicyclic) bond motifs is 1. The van der Waals surface area contributed by atoms with Crippen molar-refractivity contribution in [2.75, 3.05) is 33.2 Å². The third-order valence-electron chi connectivity index (χ3n) is 7.17. The number of thioether (sulfide) groups is 1. The van der Waals surface area contributed by atoms with Gasteiger partial charge in [0.05, 0.1) is 26.4 Å². The molecule has 1 amide bonds. The van der Waals surface area contributed by atoms with Crippen molar-refractivity contribution in [1.29, 1.82) is 0 Å². The van der Waals surface area contributed by atoms with Crippen LogP contribution in [-0.2, 0) is 34.3 Å². The number of nitrogens with one attached hydrogen (secondary N) is 1. The van der Waals surface area contributed by atoms with Gasteiger partial charge in [-0.15, -0.1) is 0 Å². The maximum atomic E-state index is 13.7. The van der Waals surface area contributed by atoms with Gasteiger partial charge in [0, 0.05) is 35.1 Å². The van der Waals surface area contributed by atoms with E-state index < -0.39 is 44.5 Å². The summed E-state index contributed by atoms with van der Waals surface area (Å²) in [6, 6.07) is 0.849. The summed E-state index contributed by atoms with van der Waals surface area (Å²) < 4.78 is 33.1. The Balaban J connectivity index is 2.63. The first-order valence-electron chi connectivity index (χ1n) is 13.5. The molecule has 11 nitrogen and oxygen atoms in total. The van der Waals surface area contributed by atoms with Crippen molar-refractivity contribution in [1.82, 2.24) is 5.32 Å². The van der Waals surface area contributed by atoms with Crippen LogP contribution >= 0.6 is 11.8 Å². The van der Waals surface area contributed by atoms with E-state index in [4.69, 9.17) is 28.1 Å². The van der Waals surface area contributed by atoms with E-state index in [1.807, 2.05) is 0 Å². The van der Waals surface area contributed by atoms with E-state index in [9.17, 15) is 19.2 Å². The quantitative estimate of drug-likeness (QED) is 0.270. The second kappa shape index (κ2) is 14.8. The van der Waals surface area contributed by atoms with Crippen LogP contribution in [0.3, 0.4) is 0 Å². The van der Waals surface area contributed by atoms with E-state index in [0.29, 0.717) is 22.6 Å². The summed E-state index contributed by atoms with van der Waals surface area (Å²) in [4.78, 5) is 50.9. The first-order chi connectivity index (χ1) is 19.1. The zero-order chi connectivity index (χ0) is 31.0. The Morgan fingerprint density at radius 1 is 1.17 bits per heavy atom. The largest absolute Gasteiger partial charge is 0.543 e. The summed E-state index contributed by atoms with van der Waals surface area (Å²) in [5, 5.41) is 2.56. The SMILES string of the molecule is CCOC(=O)O[C@@H]1CCC(=O)N[C@H](C(=O)OC)CSCc2c(O[Si](C)(C)C(C)(C)C)cc(OC)c(C)c2C(=O)OC1. The zero-order valence-electron chi connectivity index (χ0n) is 25.5. The minimum atomic E-state index is -2.37. The number of rotatable bonds is 6. The Labute approximate surface area is 247 Å². The lowest BCUT2D eigenvalue weighted by atomic mass is 10.0. The van der Waals surface area contributed by atoms with Crippen molar-refractivity contribution >= 4 is 44.1 Å². The molecule has 41 heavy (non-hydrogen) atoms. The van der Waals surface area contributed by atoms with Crippen molar-refractivity contribution in [3.05, 3.63) is 22.8 Å². The van der Waals surface area contributed by atoms with Gasteiger partial charge in [-0.1, -0.05) is 20.8 Å². The molecule has 1 aliphatic heterocycles. The van der Waals surface area contributed by atoms with Gasteiger partial charge in [0.2, 0.25) is 14.2 Å². The molecule has 0 unspecified atom stereocenters. The van der Waals surface area contributed by atoms with Crippen LogP contribution in [0.15, 0.2) is 6.07 Å². The summed E-state index contributed by atoms with van der Waals surface area (Å²) in [6.45, 7) is 13.7. The zero-order valence-corrected chi connectivity index (χ0v) is 27.3. The number of benzene rings is 1. The highest BCUT2D eigenvalue weighted by Gasteiger charge is 2.40. The lowest BCUT2D eigenvalue weighted by Crippen LogP contribution is -2.44. The summed E-state index contributed by atoms with van der Waals surface area (Å²) >= 11 is 1.35. The molecule has 1 aliphatic rings. The molecule has 230 valence electrons. The first-order valence-corrected chi connectivity index (χ1v) is 17.6. The molecular weight excluding hydrogens is 570 g/mol. The van der Waals surface area contributed by atoms with Crippen LogP contribution in [0.4, 0.5) is 4.79 Å². The minimum absolute atomic E-state index is 0.0304. The molecule has 0 saturated heterocycles. The topological polar surface area (TPSA) is 136 Å². The normalized spacial score (nSPS) is 19.0. The average Bonchev–Trinajstić information content (AvgIpc) is 2.89. The van der Waals surface area contributed by atoms with Crippen molar-refractivity contribution in [3.63, 3.8) is 0 Å². The van der Waals surface area contributed by atoms with Crippen LogP contribution in [0.2, 0.25) is 18.1 Å². The van der Waals surface area contributed by atoms with Crippen LogP contribution in [0.1, 0.15) is 62.0 Å². The third kappa shape index (κ3) is 9.28. The monoisotopic (exact) mass is 613 g/mol. The van der Waals surface area contributed by atoms with Crippen LogP contribution in [0.5, 0.6) is 11.5 Å². The molecule has 1 N–H and O–H groups in total. The Kier molecular flexibility index (Phi) is 12.4. The third-order valence-corrected chi connectivity index (χ3v) is 12.6. The maximum absolute atomic E-state index is 13.7. The van der Waals surface area contributed by atoms with Gasteiger partial charge in [-0.05, 0) is 38.4 Å². The molecule has 0 bridgehead atoms. The standard InChI is InChI=1S/C28H43NO10SSi/c1-10-36-27(33)38-18-11-12-23(30)29-20(25(31)35-7)16-40-15-19-22(39-41(8,9)28(3,4)5)13-21(34-6)17(2)24(19)26(32)37-14-18/h13,18,20H,10-12,14-16H2,1-9H3,(H,29,30)/t18-,20+/m1/s1. The van der Waals surface area contributed by atoms with Gasteiger partial charge in [-0.3, -0.25) is 4.79 Å². The number of hydrogen-bond acceptors (Lipinski definition) is 11. The van der Waals surface area contributed by atoms with E-state index in [1.165, 1.54) is 26.0 Å². The van der Waals surface area contributed by atoms with Crippen molar-refractivity contribution in [3.8, 4) is 11.5 Å². The van der Waals surface area contributed by atoms with Gasteiger partial charge in [0.1, 0.15) is 30.3 Å². The highest BCUT2D eigenvalue weighted by Crippen LogP contribution is 2.42. The summed E-state index contributed by atoms with van der Waals surface area (Å²) in [7, 11) is 0.397. The number of carbonyl (C=O) groups is 4. The first kappa shape index (κ1) is 34.3. The molecule has 1 heterocycles. The molecule has 0 radical (unpaired) electrons. The van der Waals surface area contributed by atoms with Gasteiger partial charge in [-0.2, -0.15) is 11.8 Å². The average molecular weight is 614 g/mol. The molecule has 13 heteroatoms. The van der Waals surface area contributed by atoms with Gasteiger partial charge in [-0.25, -0.2) is 14.4 Å². The van der Waals surface area contributed by atoms with E-state index in [2.05, 4.69) is 39.2 Å². The van der Waals surface area contributed by atoms with Crippen molar-refractivity contribution in [2.45, 2.75) is 83.5 Å². The Morgan fingerprint density at radius 3 is 2.44 bits per heavy atom. The van der Waals surface area contributed by atoms with E-state index >= 15 is 0 Å². The molecule has 0 aromatic heterocycles. The molecular formula is C28H43NO10SSi. The molecule has 2 rings (SSSR count). The molecule has 1 aromatic rings. The Morgan fingerprint density at radius 2 is 1.85 bits per heavy atom. The number of cyclic esters (lactones) is 1. The molecule has 0 saturated carbocycles. The number of ether oxygens (including phenoxy) is 5. The lowest BCUT2D eigenvalue weighted by molar-refractivity contribution is -0.144. The number of carbonyl (C=O) groups excluding carboxylic acids is 4. The van der Waals surface area contributed by atoms with E-state index in [-0.39, 0.29) is 48.2 Å². The van der Waals surface area contributed by atoms with E-state index in [0.717, 1.165) is 0 Å². The van der Waals surface area contributed by atoms with Crippen molar-refractivity contribution < 1.29 is 47.3 Å². The highest BCUT2D eigenvalue weighted by molar-refractivity contribution is 7.98. The van der Waals surface area contributed by atoms with Gasteiger partial charge in [0.25, 0.3) is 0 Å². The number of hydrogen-bond donors (Lipinski definition) is 1. The molecule has 1 aromatic carbocycles. The van der Waals surface area contributed by atoms with Crippen LogP contribution in [-0.4, -0.2) is 77.7 Å². The molecule has 0 spiro atoms. The summed E-state index contributed by atoms with van der Waals surface area (Å²) in [6.07, 6.45) is -1.96. The Hall–Kier alpha value is -2.93. The maximum Gasteiger partial charge on any atom is 0.508 e. The van der Waals surface area contributed by atoms with Gasteiger partial charge >= 0.3 is 18.1 Å². The van der Waals surface area contributed by atoms with Crippen LogP contribution < -0.4 is 14.5 Å². The van der Waals surface area contributed by atoms with Gasteiger partial charge < -0.3 is 33.4 Å². The summed E-state index contributed by atoms with van der Waals surface area (Å²) in [5.41, 5.74) is 1.41. The lowest BCUT2D eigenvalue weighted by Gasteiger charge is -2.37. The Bertz CT molecular complexity index is 1120. The van der Waals surface area contributed by atoms with Crippen LogP contribution in [0.25, 0.3) is 0 Å². The second-order valence-electron chi connectivity index (χ2n) is 11.1. The fraction of sp³-hybridized carbons (Fsp3) is 0.643. The fourth-order valence-electron chi connectivity index (χ4n) is 3.79. The van der Waals surface area contributed by atoms with E-state index in [1.54, 1.807) is 19.9 Å². The second-order valence-corrected chi connectivity index (χ2v) is 16.9.